The van der Waals surface area contributed by atoms with Gasteiger partial charge in [0, 0.05) is 48.1 Å². The van der Waals surface area contributed by atoms with Crippen molar-refractivity contribution in [1.29, 1.82) is 0 Å². The zero-order valence-electron chi connectivity index (χ0n) is 22.1. The molecule has 0 unspecified atom stereocenters. The first-order chi connectivity index (χ1) is 18.5. The monoisotopic (exact) mass is 524 g/mol. The van der Waals surface area contributed by atoms with E-state index in [9.17, 15) is 0 Å². The number of hydrogen-bond acceptors (Lipinski definition) is 7. The highest BCUT2D eigenvalue weighted by Crippen LogP contribution is 2.27. The molecule has 0 N–H and O–H groups in total. The van der Waals surface area contributed by atoms with Crippen molar-refractivity contribution in [3.63, 3.8) is 0 Å². The standard InChI is InChI=1S/C30H32N6OS/c1-20-5-6-24-18-25(9-10-27(24)32-20)28-33-34-30(35(28)3)38-16-4-13-36-14-11-22-7-8-26(17-23(22)12-15-36)29-31-19-21(2)37-29/h5-10,17-19H,4,11-16H2,1-3H3. The number of rotatable bonds is 7. The number of thioether (sulfide) groups is 1. The van der Waals surface area contributed by atoms with Crippen LogP contribution in [0.5, 0.6) is 0 Å². The fraction of sp³-hybridized carbons (Fsp3) is 0.333. The minimum atomic E-state index is 0.711. The van der Waals surface area contributed by atoms with E-state index in [-0.39, 0.29) is 0 Å². The molecule has 0 fully saturated rings. The summed E-state index contributed by atoms with van der Waals surface area (Å²) in [5.41, 5.74) is 7.03. The van der Waals surface area contributed by atoms with Gasteiger partial charge in [-0.05, 0) is 87.2 Å². The Morgan fingerprint density at radius 2 is 1.76 bits per heavy atom. The highest BCUT2D eigenvalue weighted by atomic mass is 32.2. The van der Waals surface area contributed by atoms with Crippen LogP contribution in [-0.4, -0.2) is 55.0 Å². The Labute approximate surface area is 227 Å². The molecule has 1 aliphatic rings. The van der Waals surface area contributed by atoms with Crippen molar-refractivity contribution in [2.24, 2.45) is 7.05 Å². The lowest BCUT2D eigenvalue weighted by atomic mass is 10.00. The topological polar surface area (TPSA) is 72.9 Å². The first-order valence-electron chi connectivity index (χ1n) is 13.2. The molecule has 0 spiro atoms. The van der Waals surface area contributed by atoms with Gasteiger partial charge in [-0.2, -0.15) is 0 Å². The van der Waals surface area contributed by atoms with E-state index in [2.05, 4.69) is 79.1 Å². The van der Waals surface area contributed by atoms with Gasteiger partial charge in [0.2, 0.25) is 5.89 Å². The Morgan fingerprint density at radius 1 is 0.921 bits per heavy atom. The van der Waals surface area contributed by atoms with Gasteiger partial charge in [0.05, 0.1) is 11.7 Å². The Kier molecular flexibility index (Phi) is 7.00. The van der Waals surface area contributed by atoms with Gasteiger partial charge in [-0.25, -0.2) is 4.98 Å². The first-order valence-corrected chi connectivity index (χ1v) is 14.2. The average molecular weight is 525 g/mol. The number of benzene rings is 2. The van der Waals surface area contributed by atoms with Crippen LogP contribution in [0.15, 0.2) is 64.3 Å². The minimum Gasteiger partial charge on any atom is -0.441 e. The van der Waals surface area contributed by atoms with Gasteiger partial charge in [0.25, 0.3) is 0 Å². The van der Waals surface area contributed by atoms with Gasteiger partial charge < -0.3 is 13.9 Å². The SMILES string of the molecule is Cc1ccc2cc(-c3nnc(SCCCN4CCc5ccc(-c6ncc(C)o6)cc5CC4)n3C)ccc2n1. The molecule has 8 heteroatoms. The van der Waals surface area contributed by atoms with Crippen molar-refractivity contribution in [2.45, 2.75) is 38.3 Å². The molecular weight excluding hydrogens is 492 g/mol. The summed E-state index contributed by atoms with van der Waals surface area (Å²) in [7, 11) is 2.05. The molecule has 38 heavy (non-hydrogen) atoms. The molecule has 6 rings (SSSR count). The third-order valence-electron chi connectivity index (χ3n) is 7.24. The molecule has 0 saturated carbocycles. The van der Waals surface area contributed by atoms with E-state index < -0.39 is 0 Å². The molecule has 2 aromatic carbocycles. The molecule has 4 heterocycles. The molecule has 5 aromatic rings. The van der Waals surface area contributed by atoms with Crippen LogP contribution in [-0.2, 0) is 19.9 Å². The summed E-state index contributed by atoms with van der Waals surface area (Å²) in [6.45, 7) is 7.22. The average Bonchev–Trinajstić information content (AvgIpc) is 3.46. The van der Waals surface area contributed by atoms with Crippen molar-refractivity contribution in [3.8, 4) is 22.8 Å². The lowest BCUT2D eigenvalue weighted by Gasteiger charge is -2.19. The Morgan fingerprint density at radius 3 is 2.61 bits per heavy atom. The zero-order chi connectivity index (χ0) is 26.1. The molecule has 0 amide bonds. The van der Waals surface area contributed by atoms with Gasteiger partial charge in [-0.1, -0.05) is 23.9 Å². The van der Waals surface area contributed by atoms with Crippen LogP contribution >= 0.6 is 11.8 Å². The van der Waals surface area contributed by atoms with Crippen LogP contribution in [0.2, 0.25) is 0 Å². The summed E-state index contributed by atoms with van der Waals surface area (Å²) in [5.74, 6) is 3.46. The number of nitrogens with zero attached hydrogens (tertiary/aromatic N) is 6. The molecule has 0 atom stereocenters. The molecule has 3 aromatic heterocycles. The molecule has 194 valence electrons. The van der Waals surface area contributed by atoms with Gasteiger partial charge in [-0.15, -0.1) is 10.2 Å². The summed E-state index contributed by atoms with van der Waals surface area (Å²) in [6.07, 6.45) is 5.04. The smallest absolute Gasteiger partial charge is 0.226 e. The summed E-state index contributed by atoms with van der Waals surface area (Å²) < 4.78 is 7.83. The zero-order valence-corrected chi connectivity index (χ0v) is 23.0. The second kappa shape index (κ2) is 10.7. The number of fused-ring (bicyclic) bond motifs is 2. The highest BCUT2D eigenvalue weighted by Gasteiger charge is 2.17. The normalized spacial score (nSPS) is 14.1. The summed E-state index contributed by atoms with van der Waals surface area (Å²) in [6, 6.07) is 17.1. The molecule has 7 nitrogen and oxygen atoms in total. The molecule has 0 saturated heterocycles. The predicted molar refractivity (Wildman–Crippen MR) is 152 cm³/mol. The van der Waals surface area contributed by atoms with Crippen LogP contribution in [0.3, 0.4) is 0 Å². The van der Waals surface area contributed by atoms with Gasteiger partial charge >= 0.3 is 0 Å². The van der Waals surface area contributed by atoms with E-state index in [1.54, 1.807) is 18.0 Å². The predicted octanol–water partition coefficient (Wildman–Crippen LogP) is 5.89. The van der Waals surface area contributed by atoms with E-state index in [1.165, 1.54) is 11.1 Å². The Hall–Kier alpha value is -3.49. The van der Waals surface area contributed by atoms with Gasteiger partial charge in [-0.3, -0.25) is 4.98 Å². The summed E-state index contributed by atoms with van der Waals surface area (Å²) in [5, 5.41) is 11.1. The van der Waals surface area contributed by atoms with Crippen LogP contribution < -0.4 is 0 Å². The second-order valence-corrected chi connectivity index (χ2v) is 11.1. The highest BCUT2D eigenvalue weighted by molar-refractivity contribution is 7.99. The third-order valence-corrected chi connectivity index (χ3v) is 8.35. The number of pyridine rings is 1. The Balaban J connectivity index is 1.03. The van der Waals surface area contributed by atoms with E-state index in [1.807, 2.05) is 19.9 Å². The van der Waals surface area contributed by atoms with E-state index in [0.29, 0.717) is 5.89 Å². The molecule has 0 aliphatic carbocycles. The lowest BCUT2D eigenvalue weighted by Crippen LogP contribution is -2.27. The van der Waals surface area contributed by atoms with E-state index in [0.717, 1.165) is 89.1 Å². The minimum absolute atomic E-state index is 0.711. The maximum Gasteiger partial charge on any atom is 0.226 e. The Bertz CT molecular complexity index is 1590. The number of aryl methyl sites for hydroxylation is 2. The molecule has 1 aliphatic heterocycles. The molecular formula is C30H32N6OS. The largest absolute Gasteiger partial charge is 0.441 e. The fourth-order valence-corrected chi connectivity index (χ4v) is 5.96. The van der Waals surface area contributed by atoms with Gasteiger partial charge in [0.1, 0.15) is 5.76 Å². The second-order valence-electron chi connectivity index (χ2n) is 10.0. The first kappa shape index (κ1) is 24.8. The van der Waals surface area contributed by atoms with Crippen LogP contribution in [0.1, 0.15) is 29.0 Å². The number of oxazole rings is 1. The van der Waals surface area contributed by atoms with Crippen molar-refractivity contribution >= 4 is 22.7 Å². The van der Waals surface area contributed by atoms with E-state index >= 15 is 0 Å². The number of hydrogen-bond donors (Lipinski definition) is 0. The van der Waals surface area contributed by atoms with Crippen LogP contribution in [0.25, 0.3) is 33.7 Å². The van der Waals surface area contributed by atoms with E-state index in [4.69, 9.17) is 4.42 Å². The van der Waals surface area contributed by atoms with Crippen molar-refractivity contribution in [3.05, 3.63) is 77.3 Å². The summed E-state index contributed by atoms with van der Waals surface area (Å²) in [4.78, 5) is 11.6. The maximum absolute atomic E-state index is 5.73. The maximum atomic E-state index is 5.73. The summed E-state index contributed by atoms with van der Waals surface area (Å²) >= 11 is 1.78. The number of aromatic nitrogens is 5. The van der Waals surface area contributed by atoms with Crippen molar-refractivity contribution in [1.82, 2.24) is 29.6 Å². The molecule has 0 radical (unpaired) electrons. The van der Waals surface area contributed by atoms with Crippen LogP contribution in [0, 0.1) is 13.8 Å². The van der Waals surface area contributed by atoms with Gasteiger partial charge in [0.15, 0.2) is 11.0 Å². The van der Waals surface area contributed by atoms with Crippen molar-refractivity contribution in [2.75, 3.05) is 25.4 Å². The third kappa shape index (κ3) is 5.24. The molecule has 0 bridgehead atoms. The van der Waals surface area contributed by atoms with Crippen molar-refractivity contribution < 1.29 is 4.42 Å². The quantitative estimate of drug-likeness (QED) is 0.194. The lowest BCUT2D eigenvalue weighted by molar-refractivity contribution is 0.289. The fourth-order valence-electron chi connectivity index (χ4n) is 5.13. The van der Waals surface area contributed by atoms with Crippen LogP contribution in [0.4, 0.5) is 0 Å².